The maximum atomic E-state index is 13.3. The molecule has 2 aromatic rings. The van der Waals surface area contributed by atoms with Gasteiger partial charge in [0.05, 0.1) is 7.11 Å². The molecule has 1 N–H and O–H groups in total. The van der Waals surface area contributed by atoms with Crippen LogP contribution in [0.25, 0.3) is 0 Å². The molecule has 2 atom stereocenters. The number of hydrogen-bond donors (Lipinski definition) is 1. The first-order valence-electron chi connectivity index (χ1n) is 11.4. The number of piperidine rings is 1. The van der Waals surface area contributed by atoms with Gasteiger partial charge in [0.2, 0.25) is 0 Å². The van der Waals surface area contributed by atoms with Crippen LogP contribution >= 0.6 is 0 Å². The fourth-order valence-corrected chi connectivity index (χ4v) is 5.25. The van der Waals surface area contributed by atoms with Crippen LogP contribution in [0.1, 0.15) is 36.8 Å². The number of imide groups is 1. The third-order valence-corrected chi connectivity index (χ3v) is 7.12. The van der Waals surface area contributed by atoms with Gasteiger partial charge < -0.3 is 15.0 Å². The zero-order valence-electron chi connectivity index (χ0n) is 19.2. The summed E-state index contributed by atoms with van der Waals surface area (Å²) in [6, 6.07) is 18.1. The highest BCUT2D eigenvalue weighted by molar-refractivity contribution is 6.07. The van der Waals surface area contributed by atoms with Gasteiger partial charge in [-0.3, -0.25) is 9.69 Å². The number of nitrogens with one attached hydrogen (secondary N) is 1. The molecule has 0 unspecified atom stereocenters. The van der Waals surface area contributed by atoms with Crippen molar-refractivity contribution in [2.45, 2.75) is 37.6 Å². The highest BCUT2D eigenvalue weighted by atomic mass is 16.5. The minimum atomic E-state index is -0.894. The minimum absolute atomic E-state index is 0.0957. The first-order valence-corrected chi connectivity index (χ1v) is 11.4. The topological polar surface area (TPSA) is 61.9 Å². The number of carbonyl (C=O) groups is 2. The predicted molar refractivity (Wildman–Crippen MR) is 125 cm³/mol. The van der Waals surface area contributed by atoms with Gasteiger partial charge in [-0.1, -0.05) is 49.4 Å². The number of benzene rings is 2. The van der Waals surface area contributed by atoms with Crippen molar-refractivity contribution in [1.82, 2.24) is 15.1 Å². The van der Waals surface area contributed by atoms with Gasteiger partial charge in [-0.15, -0.1) is 0 Å². The standard InChI is InChI=1S/C26H33N3O3/c1-19(21-9-5-4-6-10-21)18-29-14-12-22(13-15-29)26(24(30)28(2)25(31)27-26)17-20-8-7-11-23(16-20)32-3/h4-11,16,19,22H,12-15,17-18H2,1-3H3,(H,27,31)/t19-,26+/m0/s1. The molecular weight excluding hydrogens is 402 g/mol. The van der Waals surface area contributed by atoms with Crippen LogP contribution in [-0.4, -0.2) is 61.1 Å². The van der Waals surface area contributed by atoms with Crippen LogP contribution in [0.2, 0.25) is 0 Å². The van der Waals surface area contributed by atoms with Gasteiger partial charge in [-0.2, -0.15) is 0 Å². The van der Waals surface area contributed by atoms with Crippen LogP contribution < -0.4 is 10.1 Å². The number of urea groups is 1. The SMILES string of the molecule is COc1cccc(C[C@]2(C3CCN(C[C@H](C)c4ccccc4)CC3)NC(=O)N(C)C2=O)c1. The van der Waals surface area contributed by atoms with Gasteiger partial charge >= 0.3 is 6.03 Å². The smallest absolute Gasteiger partial charge is 0.324 e. The Morgan fingerprint density at radius 3 is 2.44 bits per heavy atom. The number of carbonyl (C=O) groups excluding carboxylic acids is 2. The molecule has 3 amide bonds. The van der Waals surface area contributed by atoms with Crippen molar-refractivity contribution in [3.05, 3.63) is 65.7 Å². The summed E-state index contributed by atoms with van der Waals surface area (Å²) in [7, 11) is 3.21. The average molecular weight is 436 g/mol. The molecule has 2 aromatic carbocycles. The van der Waals surface area contributed by atoms with Gasteiger partial charge in [0.15, 0.2) is 0 Å². The lowest BCUT2D eigenvalue weighted by Gasteiger charge is -2.41. The molecule has 2 heterocycles. The number of methoxy groups -OCH3 is 1. The highest BCUT2D eigenvalue weighted by Crippen LogP contribution is 2.37. The van der Waals surface area contributed by atoms with Crippen LogP contribution in [0.3, 0.4) is 0 Å². The van der Waals surface area contributed by atoms with E-state index in [4.69, 9.17) is 4.74 Å². The molecule has 0 spiro atoms. The lowest BCUT2D eigenvalue weighted by Crippen LogP contribution is -2.57. The Morgan fingerprint density at radius 1 is 1.09 bits per heavy atom. The highest BCUT2D eigenvalue weighted by Gasteiger charge is 2.54. The normalized spacial score (nSPS) is 23.3. The van der Waals surface area contributed by atoms with E-state index in [0.717, 1.165) is 43.8 Å². The molecule has 4 rings (SSSR count). The number of likely N-dealkylation sites (N-methyl/N-ethyl adjacent to an activating group) is 1. The Balaban J connectivity index is 1.48. The quantitative estimate of drug-likeness (QED) is 0.674. The summed E-state index contributed by atoms with van der Waals surface area (Å²) >= 11 is 0. The van der Waals surface area contributed by atoms with Crippen LogP contribution in [-0.2, 0) is 11.2 Å². The fraction of sp³-hybridized carbons (Fsp3) is 0.462. The van der Waals surface area contributed by atoms with Crippen LogP contribution in [0.5, 0.6) is 5.75 Å². The zero-order valence-corrected chi connectivity index (χ0v) is 19.2. The van der Waals surface area contributed by atoms with E-state index in [9.17, 15) is 9.59 Å². The number of ether oxygens (including phenoxy) is 1. The monoisotopic (exact) mass is 435 g/mol. The van der Waals surface area contributed by atoms with Crippen LogP contribution in [0, 0.1) is 5.92 Å². The van der Waals surface area contributed by atoms with Crippen molar-refractivity contribution in [1.29, 1.82) is 0 Å². The summed E-state index contributed by atoms with van der Waals surface area (Å²) in [5.41, 5.74) is 1.45. The summed E-state index contributed by atoms with van der Waals surface area (Å²) in [6.07, 6.45) is 2.24. The van der Waals surface area contributed by atoms with Crippen molar-refractivity contribution in [2.75, 3.05) is 33.8 Å². The maximum Gasteiger partial charge on any atom is 0.324 e. The van der Waals surface area contributed by atoms with E-state index in [1.54, 1.807) is 14.2 Å². The second-order valence-electron chi connectivity index (χ2n) is 9.18. The summed E-state index contributed by atoms with van der Waals surface area (Å²) in [4.78, 5) is 29.5. The van der Waals surface area contributed by atoms with Crippen molar-refractivity contribution in [2.24, 2.45) is 5.92 Å². The molecule has 2 fully saturated rings. The van der Waals surface area contributed by atoms with E-state index in [-0.39, 0.29) is 17.9 Å². The number of rotatable bonds is 7. The van der Waals surface area contributed by atoms with E-state index >= 15 is 0 Å². The number of nitrogens with zero attached hydrogens (tertiary/aromatic N) is 2. The summed E-state index contributed by atoms with van der Waals surface area (Å²) in [6.45, 7) is 5.12. The maximum absolute atomic E-state index is 13.3. The first-order chi connectivity index (χ1) is 15.4. The molecule has 0 bridgehead atoms. The third-order valence-electron chi connectivity index (χ3n) is 7.12. The molecule has 0 saturated carbocycles. The average Bonchev–Trinajstić information content (AvgIpc) is 3.04. The van der Waals surface area contributed by atoms with Crippen LogP contribution in [0.4, 0.5) is 4.79 Å². The molecule has 2 saturated heterocycles. The van der Waals surface area contributed by atoms with Crippen molar-refractivity contribution >= 4 is 11.9 Å². The first kappa shape index (κ1) is 22.3. The predicted octanol–water partition coefficient (Wildman–Crippen LogP) is 3.67. The molecule has 2 aliphatic heterocycles. The summed E-state index contributed by atoms with van der Waals surface area (Å²) in [5, 5.41) is 3.08. The molecule has 0 radical (unpaired) electrons. The van der Waals surface area contributed by atoms with Crippen LogP contribution in [0.15, 0.2) is 54.6 Å². The zero-order chi connectivity index (χ0) is 22.7. The largest absolute Gasteiger partial charge is 0.497 e. The van der Waals surface area contributed by atoms with E-state index in [1.165, 1.54) is 10.5 Å². The Kier molecular flexibility index (Phi) is 6.51. The van der Waals surface area contributed by atoms with E-state index in [0.29, 0.717) is 12.3 Å². The molecular formula is C26H33N3O3. The molecule has 6 nitrogen and oxygen atoms in total. The Morgan fingerprint density at radius 2 is 1.81 bits per heavy atom. The van der Waals surface area contributed by atoms with E-state index in [1.807, 2.05) is 30.3 Å². The van der Waals surface area contributed by atoms with Gasteiger partial charge in [-0.05, 0) is 61.0 Å². The molecule has 2 aliphatic rings. The second kappa shape index (κ2) is 9.33. The Bertz CT molecular complexity index is 956. The number of likely N-dealkylation sites (tertiary alicyclic amines) is 1. The second-order valence-corrected chi connectivity index (χ2v) is 9.18. The Hall–Kier alpha value is -2.86. The van der Waals surface area contributed by atoms with Gasteiger partial charge in [-0.25, -0.2) is 4.79 Å². The Labute approximate surface area is 190 Å². The third kappa shape index (κ3) is 4.37. The van der Waals surface area contributed by atoms with Crippen molar-refractivity contribution in [3.63, 3.8) is 0 Å². The number of hydrogen-bond acceptors (Lipinski definition) is 4. The molecule has 32 heavy (non-hydrogen) atoms. The van der Waals surface area contributed by atoms with E-state index < -0.39 is 5.54 Å². The summed E-state index contributed by atoms with van der Waals surface area (Å²) in [5.74, 6) is 1.18. The summed E-state index contributed by atoms with van der Waals surface area (Å²) < 4.78 is 5.36. The molecule has 0 aliphatic carbocycles. The molecule has 0 aromatic heterocycles. The van der Waals surface area contributed by atoms with Crippen molar-refractivity contribution < 1.29 is 14.3 Å². The number of amides is 3. The van der Waals surface area contributed by atoms with Crippen molar-refractivity contribution in [3.8, 4) is 5.75 Å². The lowest BCUT2D eigenvalue weighted by molar-refractivity contribution is -0.133. The van der Waals surface area contributed by atoms with Gasteiger partial charge in [0.25, 0.3) is 5.91 Å². The van der Waals surface area contributed by atoms with Gasteiger partial charge in [0.1, 0.15) is 11.3 Å². The lowest BCUT2D eigenvalue weighted by atomic mass is 9.73. The van der Waals surface area contributed by atoms with E-state index in [2.05, 4.69) is 41.4 Å². The molecule has 6 heteroatoms. The van der Waals surface area contributed by atoms with Gasteiger partial charge in [0, 0.05) is 20.0 Å². The molecule has 170 valence electrons. The fourth-order valence-electron chi connectivity index (χ4n) is 5.25. The minimum Gasteiger partial charge on any atom is -0.497 e.